The Hall–Kier alpha value is -3.84. The first-order chi connectivity index (χ1) is 17.9. The van der Waals surface area contributed by atoms with E-state index in [9.17, 15) is 0 Å². The average molecular weight is 512 g/mol. The van der Waals surface area contributed by atoms with Gasteiger partial charge in [-0.3, -0.25) is 4.98 Å². The quantitative estimate of drug-likeness (QED) is 0.320. The van der Waals surface area contributed by atoms with Gasteiger partial charge in [-0.25, -0.2) is 0 Å². The maximum Gasteiger partial charge on any atom is 0.170 e. The van der Waals surface area contributed by atoms with Crippen molar-refractivity contribution in [2.24, 2.45) is 0 Å². The lowest BCUT2D eigenvalue weighted by atomic mass is 9.96. The molecule has 0 bridgehead atoms. The number of hydrogen-bond acceptors (Lipinski definition) is 4. The van der Waals surface area contributed by atoms with E-state index in [4.69, 9.17) is 21.9 Å². The van der Waals surface area contributed by atoms with Crippen LogP contribution >= 0.6 is 12.2 Å². The number of benzene rings is 2. The van der Waals surface area contributed by atoms with Gasteiger partial charge < -0.3 is 24.4 Å². The lowest BCUT2D eigenvalue weighted by Gasteiger charge is -2.28. The summed E-state index contributed by atoms with van der Waals surface area (Å²) in [5.74, 6) is 0.845. The molecule has 2 atom stereocenters. The summed E-state index contributed by atoms with van der Waals surface area (Å²) in [5, 5.41) is 4.32. The molecule has 6 nitrogen and oxygen atoms in total. The van der Waals surface area contributed by atoms with Crippen LogP contribution in [0.4, 0.5) is 5.69 Å². The highest BCUT2D eigenvalue weighted by Gasteiger charge is 2.41. The molecule has 0 radical (unpaired) electrons. The van der Waals surface area contributed by atoms with Crippen LogP contribution in [0.5, 0.6) is 5.75 Å². The highest BCUT2D eigenvalue weighted by molar-refractivity contribution is 7.80. The van der Waals surface area contributed by atoms with Crippen LogP contribution in [0.25, 0.3) is 5.69 Å². The van der Waals surface area contributed by atoms with Crippen LogP contribution in [0.2, 0.25) is 0 Å². The first kappa shape index (κ1) is 24.8. The van der Waals surface area contributed by atoms with Gasteiger partial charge in [-0.15, -0.1) is 0 Å². The second-order valence-corrected chi connectivity index (χ2v) is 10.1. The number of aryl methyl sites for hydroxylation is 1. The maximum atomic E-state index is 5.91. The normalized spacial score (nSPS) is 17.1. The molecule has 37 heavy (non-hydrogen) atoms. The number of rotatable bonds is 7. The summed E-state index contributed by atoms with van der Waals surface area (Å²) in [7, 11) is 5.81. The van der Waals surface area contributed by atoms with Gasteiger partial charge in [0.05, 0.1) is 24.9 Å². The van der Waals surface area contributed by atoms with Gasteiger partial charge in [0.15, 0.2) is 5.11 Å². The third-order valence-corrected chi connectivity index (χ3v) is 7.48. The summed E-state index contributed by atoms with van der Waals surface area (Å²) >= 11 is 5.91. The molecule has 1 N–H and O–H groups in total. The van der Waals surface area contributed by atoms with Crippen LogP contribution < -0.4 is 15.0 Å². The van der Waals surface area contributed by atoms with Crippen LogP contribution in [0.1, 0.15) is 40.3 Å². The predicted molar refractivity (Wildman–Crippen MR) is 154 cm³/mol. The number of nitrogens with zero attached hydrogens (tertiary/aromatic N) is 4. The summed E-state index contributed by atoms with van der Waals surface area (Å²) in [4.78, 5) is 9.11. The lowest BCUT2D eigenvalue weighted by Crippen LogP contribution is -2.29. The molecule has 0 unspecified atom stereocenters. The Bertz CT molecular complexity index is 1380. The van der Waals surface area contributed by atoms with Gasteiger partial charge in [0.1, 0.15) is 5.75 Å². The van der Waals surface area contributed by atoms with Crippen LogP contribution in [0.15, 0.2) is 79.0 Å². The third kappa shape index (κ3) is 4.79. The summed E-state index contributed by atoms with van der Waals surface area (Å²) in [6.45, 7) is 5.05. The lowest BCUT2D eigenvalue weighted by molar-refractivity contribution is 0.310. The molecule has 1 fully saturated rings. The molecule has 1 saturated heterocycles. The van der Waals surface area contributed by atoms with Gasteiger partial charge in [0.2, 0.25) is 0 Å². The SMILES string of the molecule is COc1ccc(CN2C(=S)N[C@@H](c3ccccn3)[C@@H]2c2cc(C)n(-c3ccc(N(C)C)cc3)c2C)cc1. The minimum absolute atomic E-state index is 0.00880. The van der Waals surface area contributed by atoms with Gasteiger partial charge >= 0.3 is 0 Å². The van der Waals surface area contributed by atoms with Crippen molar-refractivity contribution in [3.63, 3.8) is 0 Å². The Kier molecular flexibility index (Phi) is 6.89. The van der Waals surface area contributed by atoms with E-state index in [0.29, 0.717) is 6.54 Å². The second-order valence-electron chi connectivity index (χ2n) is 9.68. The van der Waals surface area contributed by atoms with Crippen molar-refractivity contribution in [3.05, 3.63) is 107 Å². The fourth-order valence-corrected chi connectivity index (χ4v) is 5.53. The third-order valence-electron chi connectivity index (χ3n) is 7.12. The van der Waals surface area contributed by atoms with Crippen LogP contribution in [0, 0.1) is 13.8 Å². The fraction of sp³-hybridized carbons (Fsp3) is 0.267. The Morgan fingerprint density at radius 2 is 1.73 bits per heavy atom. The first-order valence-electron chi connectivity index (χ1n) is 12.4. The number of ether oxygens (including phenoxy) is 1. The van der Waals surface area contributed by atoms with Crippen molar-refractivity contribution < 1.29 is 4.74 Å². The van der Waals surface area contributed by atoms with Crippen LogP contribution in [0.3, 0.4) is 0 Å². The van der Waals surface area contributed by atoms with E-state index < -0.39 is 0 Å². The summed E-state index contributed by atoms with van der Waals surface area (Å²) in [5.41, 5.74) is 8.11. The maximum absolute atomic E-state index is 5.91. The van der Waals surface area contributed by atoms with Gasteiger partial charge in [-0.05, 0) is 91.8 Å². The zero-order valence-corrected chi connectivity index (χ0v) is 22.8. The number of methoxy groups -OCH3 is 1. The minimum atomic E-state index is -0.0583. The predicted octanol–water partition coefficient (Wildman–Crippen LogP) is 5.74. The highest BCUT2D eigenvalue weighted by Crippen LogP contribution is 2.42. The molecule has 3 heterocycles. The zero-order valence-electron chi connectivity index (χ0n) is 22.0. The number of anilines is 1. The smallest absolute Gasteiger partial charge is 0.170 e. The van der Waals surface area contributed by atoms with E-state index in [1.165, 1.54) is 28.2 Å². The zero-order chi connectivity index (χ0) is 26.1. The number of hydrogen-bond donors (Lipinski definition) is 1. The van der Waals surface area contributed by atoms with Crippen molar-refractivity contribution >= 4 is 23.0 Å². The number of pyridine rings is 1. The standard InChI is InChI=1S/C30H33N5OS/c1-20-18-26(21(2)35(20)24-13-11-23(12-14-24)33(3)4)29-28(27-8-6-7-17-31-27)32-30(37)34(29)19-22-9-15-25(36-5)16-10-22/h6-18,28-29H,19H2,1-5H3,(H,32,37)/t28-,29-/m0/s1. The summed E-state index contributed by atoms with van der Waals surface area (Å²) < 4.78 is 7.68. The molecule has 0 amide bonds. The van der Waals surface area contributed by atoms with Crippen LogP contribution in [-0.2, 0) is 6.54 Å². The molecule has 0 spiro atoms. The topological polar surface area (TPSA) is 45.6 Å². The monoisotopic (exact) mass is 511 g/mol. The molecule has 190 valence electrons. The molecule has 0 saturated carbocycles. The second kappa shape index (κ2) is 10.3. The largest absolute Gasteiger partial charge is 0.497 e. The van der Waals surface area contributed by atoms with E-state index in [0.717, 1.165) is 22.2 Å². The molecule has 2 aromatic carbocycles. The van der Waals surface area contributed by atoms with Crippen LogP contribution in [-0.4, -0.2) is 40.8 Å². The van der Waals surface area contributed by atoms with E-state index in [-0.39, 0.29) is 12.1 Å². The van der Waals surface area contributed by atoms with E-state index in [1.54, 1.807) is 7.11 Å². The van der Waals surface area contributed by atoms with Gasteiger partial charge in [0, 0.05) is 49.6 Å². The van der Waals surface area contributed by atoms with Crippen molar-refractivity contribution in [1.82, 2.24) is 19.8 Å². The van der Waals surface area contributed by atoms with Crippen molar-refractivity contribution in [2.45, 2.75) is 32.5 Å². The van der Waals surface area contributed by atoms with Gasteiger partial charge in [0.25, 0.3) is 0 Å². The van der Waals surface area contributed by atoms with Crippen molar-refractivity contribution in [1.29, 1.82) is 0 Å². The Balaban J connectivity index is 1.57. The number of nitrogens with one attached hydrogen (secondary N) is 1. The Morgan fingerprint density at radius 3 is 2.35 bits per heavy atom. The highest BCUT2D eigenvalue weighted by atomic mass is 32.1. The molecule has 7 heteroatoms. The molecule has 5 rings (SSSR count). The minimum Gasteiger partial charge on any atom is -0.497 e. The fourth-order valence-electron chi connectivity index (χ4n) is 5.23. The molecule has 1 aliphatic rings. The van der Waals surface area contributed by atoms with Crippen molar-refractivity contribution in [2.75, 3.05) is 26.1 Å². The summed E-state index contributed by atoms with van der Waals surface area (Å²) in [6.07, 6.45) is 1.85. The Morgan fingerprint density at radius 1 is 1.00 bits per heavy atom. The van der Waals surface area contributed by atoms with Gasteiger partial charge in [-0.2, -0.15) is 0 Å². The molecule has 0 aliphatic carbocycles. The van der Waals surface area contributed by atoms with E-state index in [1.807, 2.05) is 30.5 Å². The first-order valence-corrected chi connectivity index (χ1v) is 12.9. The Labute approximate surface area is 224 Å². The number of aromatic nitrogens is 2. The molecule has 1 aliphatic heterocycles. The van der Waals surface area contributed by atoms with Gasteiger partial charge in [-0.1, -0.05) is 18.2 Å². The van der Waals surface area contributed by atoms with E-state index >= 15 is 0 Å². The molecule has 4 aromatic rings. The molecular weight excluding hydrogens is 478 g/mol. The molecule has 2 aromatic heterocycles. The van der Waals surface area contributed by atoms with E-state index in [2.05, 4.69) is 96.2 Å². The molecular formula is C30H33N5OS. The van der Waals surface area contributed by atoms with Crippen molar-refractivity contribution in [3.8, 4) is 11.4 Å². The number of thiocarbonyl (C=S) groups is 1. The summed E-state index contributed by atoms with van der Waals surface area (Å²) in [6, 6.07) is 25.2. The average Bonchev–Trinajstić information content (AvgIpc) is 3.39.